The van der Waals surface area contributed by atoms with Gasteiger partial charge in [-0.2, -0.15) is 0 Å². The van der Waals surface area contributed by atoms with Crippen molar-refractivity contribution >= 4 is 12.3 Å². The van der Waals surface area contributed by atoms with E-state index in [-0.39, 0.29) is 0 Å². The van der Waals surface area contributed by atoms with Gasteiger partial charge in [-0.3, -0.25) is 9.78 Å². The molecule has 0 N–H and O–H groups in total. The molecule has 5 nitrogen and oxygen atoms in total. The molecule has 0 saturated heterocycles. The number of ether oxygens (including phenoxy) is 2. The monoisotopic (exact) mass is 347 g/mol. The molecule has 0 spiro atoms. The van der Waals surface area contributed by atoms with Crippen LogP contribution in [0.1, 0.15) is 26.3 Å². The summed E-state index contributed by atoms with van der Waals surface area (Å²) in [6, 6.07) is 18.3. The Hall–Kier alpha value is -3.47. The van der Waals surface area contributed by atoms with Crippen LogP contribution in [0.4, 0.5) is 0 Å². The van der Waals surface area contributed by atoms with Gasteiger partial charge < -0.3 is 9.47 Å². The lowest BCUT2D eigenvalue weighted by Gasteiger charge is -2.09. The molecule has 3 aromatic rings. The lowest BCUT2D eigenvalue weighted by molar-refractivity contribution is 0.0600. The molecule has 0 fully saturated rings. The van der Waals surface area contributed by atoms with E-state index in [9.17, 15) is 9.59 Å². The molecular weight excluding hydrogens is 330 g/mol. The van der Waals surface area contributed by atoms with Crippen molar-refractivity contribution in [3.63, 3.8) is 0 Å². The van der Waals surface area contributed by atoms with Crippen molar-refractivity contribution in [1.82, 2.24) is 4.98 Å². The van der Waals surface area contributed by atoms with Crippen LogP contribution in [0.15, 0.2) is 66.9 Å². The number of nitrogens with zero attached hydrogens (tertiary/aromatic N) is 1. The van der Waals surface area contributed by atoms with Crippen LogP contribution in [0.3, 0.4) is 0 Å². The number of pyridine rings is 1. The second kappa shape index (κ2) is 8.07. The molecule has 0 aliphatic heterocycles. The highest BCUT2D eigenvalue weighted by Crippen LogP contribution is 2.20. The summed E-state index contributed by atoms with van der Waals surface area (Å²) in [5.41, 5.74) is 3.60. The van der Waals surface area contributed by atoms with Gasteiger partial charge >= 0.3 is 5.97 Å². The topological polar surface area (TPSA) is 65.5 Å². The second-order valence-corrected chi connectivity index (χ2v) is 5.56. The Morgan fingerprint density at radius 3 is 2.46 bits per heavy atom. The highest BCUT2D eigenvalue weighted by atomic mass is 16.5. The fourth-order valence-corrected chi connectivity index (χ4v) is 2.45. The van der Waals surface area contributed by atoms with Crippen LogP contribution >= 0.6 is 0 Å². The van der Waals surface area contributed by atoms with Crippen LogP contribution in [0, 0.1) is 0 Å². The summed E-state index contributed by atoms with van der Waals surface area (Å²) in [7, 11) is 1.34. The highest BCUT2D eigenvalue weighted by Gasteiger charge is 2.07. The van der Waals surface area contributed by atoms with E-state index in [1.54, 1.807) is 30.3 Å². The molecule has 5 heteroatoms. The van der Waals surface area contributed by atoms with E-state index in [1.165, 1.54) is 13.3 Å². The van der Waals surface area contributed by atoms with Gasteiger partial charge in [-0.05, 0) is 29.8 Å². The first-order chi connectivity index (χ1) is 12.7. The minimum absolute atomic E-state index is 0.361. The first-order valence-corrected chi connectivity index (χ1v) is 8.02. The van der Waals surface area contributed by atoms with Crippen LogP contribution in [-0.4, -0.2) is 24.3 Å². The molecule has 0 unspecified atom stereocenters. The Labute approximate surface area is 151 Å². The number of para-hydroxylation sites is 1. The van der Waals surface area contributed by atoms with Gasteiger partial charge in [0.15, 0.2) is 6.29 Å². The van der Waals surface area contributed by atoms with E-state index in [2.05, 4.69) is 9.72 Å². The van der Waals surface area contributed by atoms with E-state index >= 15 is 0 Å². The number of hydrogen-bond acceptors (Lipinski definition) is 5. The third kappa shape index (κ3) is 3.95. The number of esters is 1. The molecule has 2 aromatic carbocycles. The number of benzene rings is 2. The largest absolute Gasteiger partial charge is 0.488 e. The predicted octanol–water partition coefficient (Wildman–Crippen LogP) is 3.93. The number of carbonyl (C=O) groups excluding carboxylic acids is 2. The SMILES string of the molecule is COC(=O)c1ccc(-c2ccc(COc3ccccc3C=O)cc2)nc1. The van der Waals surface area contributed by atoms with Crippen molar-refractivity contribution in [3.8, 4) is 17.0 Å². The van der Waals surface area contributed by atoms with Crippen molar-refractivity contribution in [2.75, 3.05) is 7.11 Å². The molecule has 1 aromatic heterocycles. The van der Waals surface area contributed by atoms with Crippen LogP contribution in [0.2, 0.25) is 0 Å². The zero-order valence-electron chi connectivity index (χ0n) is 14.2. The smallest absolute Gasteiger partial charge is 0.339 e. The van der Waals surface area contributed by atoms with Crippen molar-refractivity contribution in [2.24, 2.45) is 0 Å². The predicted molar refractivity (Wildman–Crippen MR) is 97.2 cm³/mol. The van der Waals surface area contributed by atoms with Crippen LogP contribution < -0.4 is 4.74 Å². The Morgan fingerprint density at radius 1 is 1.04 bits per heavy atom. The van der Waals surface area contributed by atoms with E-state index in [4.69, 9.17) is 4.74 Å². The van der Waals surface area contributed by atoms with Gasteiger partial charge in [0.05, 0.1) is 23.9 Å². The van der Waals surface area contributed by atoms with Gasteiger partial charge in [-0.25, -0.2) is 4.79 Å². The number of aldehydes is 1. The molecule has 0 aliphatic rings. The average molecular weight is 347 g/mol. The average Bonchev–Trinajstić information content (AvgIpc) is 2.72. The molecule has 0 atom stereocenters. The standard InChI is InChI=1S/C21H17NO4/c1-25-21(24)17-10-11-19(22-12-17)16-8-6-15(7-9-16)14-26-20-5-3-2-4-18(20)13-23/h2-13H,14H2,1H3. The van der Waals surface area contributed by atoms with Crippen LogP contribution in [0.25, 0.3) is 11.3 Å². The van der Waals surface area contributed by atoms with Crippen molar-refractivity contribution < 1.29 is 19.1 Å². The highest BCUT2D eigenvalue weighted by molar-refractivity contribution is 5.89. The van der Waals surface area contributed by atoms with Gasteiger partial charge in [-0.15, -0.1) is 0 Å². The van der Waals surface area contributed by atoms with E-state index < -0.39 is 5.97 Å². The van der Waals surface area contributed by atoms with Crippen molar-refractivity contribution in [2.45, 2.75) is 6.61 Å². The third-order valence-electron chi connectivity index (χ3n) is 3.87. The summed E-state index contributed by atoms with van der Waals surface area (Å²) >= 11 is 0. The summed E-state index contributed by atoms with van der Waals surface area (Å²) < 4.78 is 10.4. The summed E-state index contributed by atoms with van der Waals surface area (Å²) in [5, 5.41) is 0. The number of rotatable bonds is 6. The number of carbonyl (C=O) groups is 2. The van der Waals surface area contributed by atoms with Gasteiger partial charge in [0.2, 0.25) is 0 Å². The molecule has 130 valence electrons. The maximum atomic E-state index is 11.4. The first kappa shape index (κ1) is 17.4. The Balaban J connectivity index is 1.68. The molecule has 0 bridgehead atoms. The zero-order valence-corrected chi connectivity index (χ0v) is 14.2. The molecular formula is C21H17NO4. The quantitative estimate of drug-likeness (QED) is 0.499. The fraction of sp³-hybridized carbons (Fsp3) is 0.0952. The fourth-order valence-electron chi connectivity index (χ4n) is 2.45. The third-order valence-corrected chi connectivity index (χ3v) is 3.87. The number of hydrogen-bond donors (Lipinski definition) is 0. The summed E-state index contributed by atoms with van der Waals surface area (Å²) in [5.74, 6) is 0.152. The molecule has 0 saturated carbocycles. The minimum Gasteiger partial charge on any atom is -0.488 e. The second-order valence-electron chi connectivity index (χ2n) is 5.56. The number of aromatic nitrogens is 1. The number of methoxy groups -OCH3 is 1. The lowest BCUT2D eigenvalue weighted by Crippen LogP contribution is -2.01. The molecule has 0 amide bonds. The van der Waals surface area contributed by atoms with Gasteiger partial charge in [0.1, 0.15) is 12.4 Å². The molecule has 0 aliphatic carbocycles. The van der Waals surface area contributed by atoms with Gasteiger partial charge in [0.25, 0.3) is 0 Å². The lowest BCUT2D eigenvalue weighted by atomic mass is 10.1. The first-order valence-electron chi connectivity index (χ1n) is 8.02. The molecule has 26 heavy (non-hydrogen) atoms. The molecule has 3 rings (SSSR count). The summed E-state index contributed by atoms with van der Waals surface area (Å²) in [4.78, 5) is 26.7. The van der Waals surface area contributed by atoms with Crippen LogP contribution in [0.5, 0.6) is 5.75 Å². The Morgan fingerprint density at radius 2 is 1.81 bits per heavy atom. The van der Waals surface area contributed by atoms with Crippen molar-refractivity contribution in [3.05, 3.63) is 83.6 Å². The van der Waals surface area contributed by atoms with Crippen molar-refractivity contribution in [1.29, 1.82) is 0 Å². The Kier molecular flexibility index (Phi) is 5.39. The Bertz CT molecular complexity index is 902. The van der Waals surface area contributed by atoms with Crippen LogP contribution in [-0.2, 0) is 11.3 Å². The zero-order chi connectivity index (χ0) is 18.4. The van der Waals surface area contributed by atoms with E-state index in [0.717, 1.165) is 23.1 Å². The van der Waals surface area contributed by atoms with Gasteiger partial charge in [0, 0.05) is 11.8 Å². The molecule has 1 heterocycles. The summed E-state index contributed by atoms with van der Waals surface area (Å²) in [6.45, 7) is 0.361. The molecule has 0 radical (unpaired) electrons. The normalized spacial score (nSPS) is 10.2. The maximum Gasteiger partial charge on any atom is 0.339 e. The minimum atomic E-state index is -0.410. The summed E-state index contributed by atoms with van der Waals surface area (Å²) in [6.07, 6.45) is 2.27. The maximum absolute atomic E-state index is 11.4. The van der Waals surface area contributed by atoms with Gasteiger partial charge in [-0.1, -0.05) is 36.4 Å². The van der Waals surface area contributed by atoms with E-state index in [1.807, 2.05) is 30.3 Å². The van der Waals surface area contributed by atoms with E-state index in [0.29, 0.717) is 23.5 Å².